The molecule has 1 aromatic heterocycles. The molecule has 1 aliphatic carbocycles. The van der Waals surface area contributed by atoms with Crippen molar-refractivity contribution in [2.24, 2.45) is 4.99 Å². The van der Waals surface area contributed by atoms with Crippen LogP contribution in [0.1, 0.15) is 33.9 Å². The Morgan fingerprint density at radius 1 is 0.659 bits per heavy atom. The number of nitrogens with one attached hydrogen (secondary N) is 1. The number of rotatable bonds is 4. The van der Waals surface area contributed by atoms with Crippen LogP contribution in [0, 0.1) is 0 Å². The van der Waals surface area contributed by atoms with Gasteiger partial charge in [0.1, 0.15) is 10.8 Å². The summed E-state index contributed by atoms with van der Waals surface area (Å²) in [6, 6.07) is 42.8. The number of aliphatic imine (C=N–C) groups is 1. The van der Waals surface area contributed by atoms with Gasteiger partial charge < -0.3 is 5.32 Å². The van der Waals surface area contributed by atoms with E-state index in [9.17, 15) is 0 Å². The topological polar surface area (TPSA) is 37.3 Å². The van der Waals surface area contributed by atoms with Crippen LogP contribution in [0.3, 0.4) is 0 Å². The molecular formula is C37H27N3S. The van der Waals surface area contributed by atoms with Gasteiger partial charge in [-0.25, -0.2) is 4.98 Å². The normalized spacial score (nSPS) is 15.9. The van der Waals surface area contributed by atoms with E-state index >= 15 is 0 Å². The molecule has 0 saturated heterocycles. The Balaban J connectivity index is 1.27. The minimum absolute atomic E-state index is 0.0620. The van der Waals surface area contributed by atoms with Crippen molar-refractivity contribution in [1.29, 1.82) is 0 Å². The van der Waals surface area contributed by atoms with Crippen LogP contribution < -0.4 is 5.32 Å². The minimum Gasteiger partial charge on any atom is -0.340 e. The molecule has 1 aliphatic heterocycles. The maximum Gasteiger partial charge on any atom is 0.133 e. The third-order valence-electron chi connectivity index (χ3n) is 8.08. The minimum atomic E-state index is -0.0620. The first-order chi connectivity index (χ1) is 20.3. The fraction of sp³-hybridized carbons (Fsp3) is 0.0811. The highest BCUT2D eigenvalue weighted by molar-refractivity contribution is 7.21. The maximum absolute atomic E-state index is 5.28. The highest BCUT2D eigenvalue weighted by atomic mass is 32.1. The fourth-order valence-electron chi connectivity index (χ4n) is 6.10. The van der Waals surface area contributed by atoms with Crippen LogP contribution in [0.2, 0.25) is 0 Å². The number of benzene rings is 5. The SMILES string of the molecule is C1=C(c2ccccc2)NC(c2cccc3c2CCc2ccc4sc(-c5ccccc5)nc4c2-3)=NC1c1ccccc1. The van der Waals surface area contributed by atoms with E-state index in [2.05, 4.69) is 133 Å². The Morgan fingerprint density at radius 2 is 1.37 bits per heavy atom. The van der Waals surface area contributed by atoms with E-state index in [1.807, 2.05) is 0 Å². The van der Waals surface area contributed by atoms with Crippen molar-refractivity contribution in [3.05, 3.63) is 155 Å². The van der Waals surface area contributed by atoms with Gasteiger partial charge in [-0.2, -0.15) is 0 Å². The van der Waals surface area contributed by atoms with Crippen molar-refractivity contribution in [3.8, 4) is 21.7 Å². The van der Waals surface area contributed by atoms with Crippen LogP contribution in [0.25, 0.3) is 37.6 Å². The van der Waals surface area contributed by atoms with Gasteiger partial charge in [0.15, 0.2) is 0 Å². The molecule has 6 aromatic rings. The summed E-state index contributed by atoms with van der Waals surface area (Å²) < 4.78 is 1.23. The molecule has 4 heteroatoms. The zero-order valence-electron chi connectivity index (χ0n) is 22.4. The third-order valence-corrected chi connectivity index (χ3v) is 9.15. The maximum atomic E-state index is 5.28. The summed E-state index contributed by atoms with van der Waals surface area (Å²) >= 11 is 1.77. The van der Waals surface area contributed by atoms with Crippen molar-refractivity contribution in [3.63, 3.8) is 0 Å². The molecule has 3 nitrogen and oxygen atoms in total. The van der Waals surface area contributed by atoms with E-state index in [4.69, 9.17) is 9.98 Å². The van der Waals surface area contributed by atoms with E-state index in [1.54, 1.807) is 11.3 Å². The Kier molecular flexibility index (Phi) is 5.86. The average molecular weight is 546 g/mol. The van der Waals surface area contributed by atoms with Crippen LogP contribution in [-0.4, -0.2) is 10.8 Å². The van der Waals surface area contributed by atoms with Gasteiger partial charge in [-0.05, 0) is 52.8 Å². The van der Waals surface area contributed by atoms with Crippen LogP contribution >= 0.6 is 11.3 Å². The van der Waals surface area contributed by atoms with E-state index in [-0.39, 0.29) is 6.04 Å². The molecule has 0 bridgehead atoms. The lowest BCUT2D eigenvalue weighted by molar-refractivity contribution is 0.875. The molecule has 196 valence electrons. The lowest BCUT2D eigenvalue weighted by Gasteiger charge is -2.27. The molecule has 0 fully saturated rings. The summed E-state index contributed by atoms with van der Waals surface area (Å²) in [6.45, 7) is 0. The number of nitrogens with zero attached hydrogens (tertiary/aromatic N) is 2. The molecule has 1 unspecified atom stereocenters. The van der Waals surface area contributed by atoms with E-state index in [0.717, 1.165) is 40.5 Å². The Hall–Kier alpha value is -4.80. The second-order valence-corrected chi connectivity index (χ2v) is 11.6. The summed E-state index contributed by atoms with van der Waals surface area (Å²) in [7, 11) is 0. The number of thiazole rings is 1. The number of fused-ring (bicyclic) bond motifs is 5. The molecule has 1 N–H and O–H groups in total. The van der Waals surface area contributed by atoms with E-state index < -0.39 is 0 Å². The predicted octanol–water partition coefficient (Wildman–Crippen LogP) is 8.86. The monoisotopic (exact) mass is 545 g/mol. The van der Waals surface area contributed by atoms with Crippen molar-refractivity contribution in [1.82, 2.24) is 10.3 Å². The molecule has 2 heterocycles. The van der Waals surface area contributed by atoms with Crippen LogP contribution in [0.4, 0.5) is 0 Å². The first-order valence-corrected chi connectivity index (χ1v) is 14.9. The van der Waals surface area contributed by atoms with Crippen molar-refractivity contribution < 1.29 is 0 Å². The van der Waals surface area contributed by atoms with Gasteiger partial charge in [0.2, 0.25) is 0 Å². The summed E-state index contributed by atoms with van der Waals surface area (Å²) in [5.74, 6) is 0.927. The van der Waals surface area contributed by atoms with Gasteiger partial charge in [-0.15, -0.1) is 11.3 Å². The highest BCUT2D eigenvalue weighted by Gasteiger charge is 2.26. The molecule has 0 amide bonds. The second-order valence-electron chi connectivity index (χ2n) is 10.6. The zero-order chi connectivity index (χ0) is 27.2. The summed E-state index contributed by atoms with van der Waals surface area (Å²) in [6.07, 6.45) is 4.20. The Morgan fingerprint density at radius 3 is 2.15 bits per heavy atom. The third kappa shape index (κ3) is 4.28. The number of hydrogen-bond donors (Lipinski definition) is 1. The highest BCUT2D eigenvalue weighted by Crippen LogP contribution is 2.43. The van der Waals surface area contributed by atoms with Gasteiger partial charge in [-0.1, -0.05) is 115 Å². The van der Waals surface area contributed by atoms with Gasteiger partial charge >= 0.3 is 0 Å². The molecule has 0 spiro atoms. The summed E-state index contributed by atoms with van der Waals surface area (Å²) in [5.41, 5.74) is 12.1. The number of hydrogen-bond acceptors (Lipinski definition) is 4. The molecule has 0 radical (unpaired) electrons. The quantitative estimate of drug-likeness (QED) is 0.240. The van der Waals surface area contributed by atoms with E-state index in [0.29, 0.717) is 0 Å². The van der Waals surface area contributed by atoms with Crippen molar-refractivity contribution in [2.75, 3.05) is 0 Å². The number of amidine groups is 1. The van der Waals surface area contributed by atoms with Gasteiger partial charge in [0.25, 0.3) is 0 Å². The van der Waals surface area contributed by atoms with Crippen molar-refractivity contribution in [2.45, 2.75) is 18.9 Å². The smallest absolute Gasteiger partial charge is 0.133 e. The second kappa shape index (κ2) is 9.99. The van der Waals surface area contributed by atoms with Crippen LogP contribution in [0.15, 0.2) is 132 Å². The molecular weight excluding hydrogens is 518 g/mol. The van der Waals surface area contributed by atoms with Gasteiger partial charge in [-0.3, -0.25) is 4.99 Å². The van der Waals surface area contributed by atoms with Gasteiger partial charge in [0.05, 0.1) is 16.3 Å². The number of aryl methyl sites for hydroxylation is 1. The molecule has 2 aliphatic rings. The molecule has 41 heavy (non-hydrogen) atoms. The molecule has 0 saturated carbocycles. The predicted molar refractivity (Wildman–Crippen MR) is 171 cm³/mol. The molecule has 8 rings (SSSR count). The fourth-order valence-corrected chi connectivity index (χ4v) is 7.08. The van der Waals surface area contributed by atoms with Crippen molar-refractivity contribution >= 4 is 33.1 Å². The largest absolute Gasteiger partial charge is 0.340 e. The van der Waals surface area contributed by atoms with Gasteiger partial charge in [0, 0.05) is 22.4 Å². The Labute approximate surface area is 243 Å². The lowest BCUT2D eigenvalue weighted by Crippen LogP contribution is -2.29. The summed E-state index contributed by atoms with van der Waals surface area (Å²) in [4.78, 5) is 10.5. The Bertz CT molecular complexity index is 1950. The average Bonchev–Trinajstić information content (AvgIpc) is 3.50. The molecule has 5 aromatic carbocycles. The van der Waals surface area contributed by atoms with Crippen LogP contribution in [-0.2, 0) is 12.8 Å². The summed E-state index contributed by atoms with van der Waals surface area (Å²) in [5, 5.41) is 4.79. The van der Waals surface area contributed by atoms with E-state index in [1.165, 1.54) is 43.6 Å². The lowest BCUT2D eigenvalue weighted by atomic mass is 9.82. The van der Waals surface area contributed by atoms with Crippen LogP contribution in [0.5, 0.6) is 0 Å². The first-order valence-electron chi connectivity index (χ1n) is 14.1. The number of aromatic nitrogens is 1. The standard InChI is InChI=1S/C37H27N3S/c1-4-11-24(12-5-1)31-23-32(25-13-6-2-7-14-25)39-36(38-31)30-18-10-17-29-28(30)21-19-26-20-22-33-35(34(26)29)40-37(41-33)27-15-8-3-9-16-27/h1-18,20,22-23,31H,19,21H2,(H,38,39). The first kappa shape index (κ1) is 24.0. The molecule has 1 atom stereocenters. The zero-order valence-corrected chi connectivity index (χ0v) is 23.2.